The zero-order valence-corrected chi connectivity index (χ0v) is 11.5. The molecular weight excluding hydrogens is 272 g/mol. The third kappa shape index (κ3) is 2.93. The maximum atomic E-state index is 11.0. The van der Waals surface area contributed by atoms with Crippen molar-refractivity contribution in [2.75, 3.05) is 26.3 Å². The molecule has 1 saturated heterocycles. The van der Waals surface area contributed by atoms with E-state index in [0.717, 1.165) is 18.7 Å². The van der Waals surface area contributed by atoms with Gasteiger partial charge < -0.3 is 9.30 Å². The maximum Gasteiger partial charge on any atom is 0.269 e. The number of morpholine rings is 1. The molecule has 1 aromatic carbocycles. The van der Waals surface area contributed by atoms with Crippen LogP contribution >= 0.6 is 0 Å². The number of imidazole rings is 1. The summed E-state index contributed by atoms with van der Waals surface area (Å²) in [6, 6.07) is 6.76. The van der Waals surface area contributed by atoms with Gasteiger partial charge in [0.2, 0.25) is 0 Å². The zero-order chi connectivity index (χ0) is 14.7. The minimum atomic E-state index is -0.367. The Morgan fingerprint density at radius 3 is 2.81 bits per heavy atom. The second-order valence-electron chi connectivity index (χ2n) is 4.88. The van der Waals surface area contributed by atoms with Gasteiger partial charge in [-0.15, -0.1) is 0 Å². The van der Waals surface area contributed by atoms with Gasteiger partial charge in [-0.3, -0.25) is 15.0 Å². The lowest BCUT2D eigenvalue weighted by Crippen LogP contribution is -2.41. The summed E-state index contributed by atoms with van der Waals surface area (Å²) in [7, 11) is 0. The van der Waals surface area contributed by atoms with E-state index in [1.807, 2.05) is 16.8 Å². The molecule has 0 saturated carbocycles. The van der Waals surface area contributed by atoms with E-state index in [1.165, 1.54) is 6.07 Å². The topological polar surface area (TPSA) is 73.4 Å². The highest BCUT2D eigenvalue weighted by atomic mass is 16.6. The molecule has 0 spiro atoms. The largest absolute Gasteiger partial charge is 0.379 e. The molecule has 7 nitrogen and oxygen atoms in total. The van der Waals surface area contributed by atoms with Crippen molar-refractivity contribution in [2.24, 2.45) is 0 Å². The summed E-state index contributed by atoms with van der Waals surface area (Å²) < 4.78 is 7.35. The second kappa shape index (κ2) is 6.02. The number of rotatable bonds is 4. The molecule has 1 atom stereocenters. The number of hydrogen-bond donors (Lipinski definition) is 0. The Hall–Kier alpha value is -2.25. The SMILES string of the molecule is O=[N+]([O-])c1cccc([C@@H](N2CCOCC2)n2ccnc2)c1. The zero-order valence-electron chi connectivity index (χ0n) is 11.5. The fraction of sp³-hybridized carbons (Fsp3) is 0.357. The summed E-state index contributed by atoms with van der Waals surface area (Å²) in [6.45, 7) is 2.90. The fourth-order valence-corrected chi connectivity index (χ4v) is 2.61. The van der Waals surface area contributed by atoms with E-state index in [0.29, 0.717) is 13.2 Å². The van der Waals surface area contributed by atoms with Crippen molar-refractivity contribution in [3.63, 3.8) is 0 Å². The molecule has 2 aromatic rings. The molecule has 1 aliphatic rings. The molecule has 0 radical (unpaired) electrons. The average Bonchev–Trinajstić information content (AvgIpc) is 3.03. The predicted octanol–water partition coefficient (Wildman–Crippen LogP) is 1.67. The van der Waals surface area contributed by atoms with E-state index >= 15 is 0 Å². The highest BCUT2D eigenvalue weighted by Crippen LogP contribution is 2.26. The second-order valence-corrected chi connectivity index (χ2v) is 4.88. The lowest BCUT2D eigenvalue weighted by atomic mass is 10.1. The highest BCUT2D eigenvalue weighted by Gasteiger charge is 2.25. The first-order valence-electron chi connectivity index (χ1n) is 6.79. The smallest absolute Gasteiger partial charge is 0.269 e. The van der Waals surface area contributed by atoms with Gasteiger partial charge in [-0.2, -0.15) is 0 Å². The first kappa shape index (κ1) is 13.7. The minimum Gasteiger partial charge on any atom is -0.379 e. The molecular formula is C14H16N4O3. The van der Waals surface area contributed by atoms with Gasteiger partial charge in [-0.1, -0.05) is 12.1 Å². The van der Waals surface area contributed by atoms with Crippen LogP contribution in [0, 0.1) is 10.1 Å². The van der Waals surface area contributed by atoms with Crippen LogP contribution in [0.3, 0.4) is 0 Å². The molecule has 7 heteroatoms. The van der Waals surface area contributed by atoms with Gasteiger partial charge in [0.05, 0.1) is 24.5 Å². The summed E-state index contributed by atoms with van der Waals surface area (Å²) in [6.07, 6.45) is 5.22. The van der Waals surface area contributed by atoms with Crippen LogP contribution in [0.2, 0.25) is 0 Å². The van der Waals surface area contributed by atoms with Crippen LogP contribution in [0.15, 0.2) is 43.0 Å². The number of ether oxygens (including phenoxy) is 1. The Bertz CT molecular complexity index is 608. The quantitative estimate of drug-likeness (QED) is 0.632. The standard InChI is InChI=1S/C14H16N4O3/c19-18(20)13-3-1-2-12(10-13)14(17-5-4-15-11-17)16-6-8-21-9-7-16/h1-5,10-11,14H,6-9H2/t14-/m0/s1. The van der Waals surface area contributed by atoms with Crippen LogP contribution in [0.25, 0.3) is 0 Å². The molecule has 1 aromatic heterocycles. The molecule has 3 rings (SSSR count). The van der Waals surface area contributed by atoms with Gasteiger partial charge in [0, 0.05) is 37.6 Å². The molecule has 1 fully saturated rings. The van der Waals surface area contributed by atoms with E-state index in [4.69, 9.17) is 4.74 Å². The Morgan fingerprint density at radius 1 is 1.33 bits per heavy atom. The fourth-order valence-electron chi connectivity index (χ4n) is 2.61. The molecule has 2 heterocycles. The van der Waals surface area contributed by atoms with Crippen molar-refractivity contribution < 1.29 is 9.66 Å². The normalized spacial score (nSPS) is 17.5. The van der Waals surface area contributed by atoms with E-state index in [2.05, 4.69) is 9.88 Å². The monoisotopic (exact) mass is 288 g/mol. The predicted molar refractivity (Wildman–Crippen MR) is 75.9 cm³/mol. The van der Waals surface area contributed by atoms with Gasteiger partial charge in [-0.25, -0.2) is 4.98 Å². The molecule has 1 aliphatic heterocycles. The number of nitro groups is 1. The Morgan fingerprint density at radius 2 is 2.14 bits per heavy atom. The van der Waals surface area contributed by atoms with Crippen molar-refractivity contribution in [2.45, 2.75) is 6.17 Å². The minimum absolute atomic E-state index is 0.101. The van der Waals surface area contributed by atoms with Crippen LogP contribution in [0.1, 0.15) is 11.7 Å². The molecule has 110 valence electrons. The molecule has 0 unspecified atom stereocenters. The summed E-state index contributed by atoms with van der Waals surface area (Å²) >= 11 is 0. The number of hydrogen-bond acceptors (Lipinski definition) is 5. The van der Waals surface area contributed by atoms with Gasteiger partial charge in [-0.05, 0) is 5.56 Å². The van der Waals surface area contributed by atoms with Crippen LogP contribution < -0.4 is 0 Å². The van der Waals surface area contributed by atoms with Gasteiger partial charge in [0.25, 0.3) is 5.69 Å². The van der Waals surface area contributed by atoms with E-state index < -0.39 is 0 Å². The molecule has 21 heavy (non-hydrogen) atoms. The van der Waals surface area contributed by atoms with E-state index in [-0.39, 0.29) is 16.8 Å². The summed E-state index contributed by atoms with van der Waals surface area (Å²) in [5.41, 5.74) is 0.981. The van der Waals surface area contributed by atoms with Crippen molar-refractivity contribution in [1.82, 2.24) is 14.5 Å². The third-order valence-corrected chi connectivity index (χ3v) is 3.58. The summed E-state index contributed by atoms with van der Waals surface area (Å²) in [5.74, 6) is 0. The third-order valence-electron chi connectivity index (χ3n) is 3.58. The first-order valence-corrected chi connectivity index (χ1v) is 6.79. The van der Waals surface area contributed by atoms with Crippen LogP contribution in [0.5, 0.6) is 0 Å². The number of nitro benzene ring substituents is 1. The molecule has 0 aliphatic carbocycles. The van der Waals surface area contributed by atoms with Gasteiger partial charge >= 0.3 is 0 Å². The highest BCUT2D eigenvalue weighted by molar-refractivity contribution is 5.36. The number of benzene rings is 1. The molecule has 0 N–H and O–H groups in total. The number of nitrogens with zero attached hydrogens (tertiary/aromatic N) is 4. The summed E-state index contributed by atoms with van der Waals surface area (Å²) in [5, 5.41) is 11.0. The first-order chi connectivity index (χ1) is 10.3. The average molecular weight is 288 g/mol. The number of aromatic nitrogens is 2. The van der Waals surface area contributed by atoms with Crippen molar-refractivity contribution >= 4 is 5.69 Å². The van der Waals surface area contributed by atoms with Crippen LogP contribution in [-0.2, 0) is 4.74 Å². The Labute approximate surface area is 121 Å². The van der Waals surface area contributed by atoms with E-state index in [1.54, 1.807) is 24.7 Å². The van der Waals surface area contributed by atoms with Crippen molar-refractivity contribution in [3.8, 4) is 0 Å². The van der Waals surface area contributed by atoms with E-state index in [9.17, 15) is 10.1 Å². The molecule has 0 amide bonds. The Balaban J connectivity index is 1.98. The van der Waals surface area contributed by atoms with Gasteiger partial charge in [0.1, 0.15) is 6.17 Å². The van der Waals surface area contributed by atoms with Crippen LogP contribution in [0.4, 0.5) is 5.69 Å². The lowest BCUT2D eigenvalue weighted by Gasteiger charge is -2.35. The van der Waals surface area contributed by atoms with Crippen molar-refractivity contribution in [1.29, 1.82) is 0 Å². The van der Waals surface area contributed by atoms with Crippen LogP contribution in [-0.4, -0.2) is 45.7 Å². The lowest BCUT2D eigenvalue weighted by molar-refractivity contribution is -0.385. The Kier molecular flexibility index (Phi) is 3.94. The maximum absolute atomic E-state index is 11.0. The molecule has 0 bridgehead atoms. The van der Waals surface area contributed by atoms with Gasteiger partial charge in [0.15, 0.2) is 0 Å². The van der Waals surface area contributed by atoms with Crippen molar-refractivity contribution in [3.05, 3.63) is 58.7 Å². The number of non-ortho nitro benzene ring substituents is 1. The summed E-state index contributed by atoms with van der Waals surface area (Å²) in [4.78, 5) is 17.0.